The van der Waals surface area contributed by atoms with Crippen molar-refractivity contribution >= 4 is 17.6 Å². The molecule has 0 aliphatic carbocycles. The Hall–Kier alpha value is -1.07. The third-order valence-electron chi connectivity index (χ3n) is 2.42. The topological polar surface area (TPSA) is 72.6 Å². The summed E-state index contributed by atoms with van der Waals surface area (Å²) in [5.74, 6) is -0.834. The van der Waals surface area contributed by atoms with Crippen LogP contribution < -0.4 is 0 Å². The van der Waals surface area contributed by atoms with Gasteiger partial charge in [-0.25, -0.2) is 4.79 Å². The predicted molar refractivity (Wildman–Crippen MR) is 51.3 cm³/mol. The molecule has 0 amide bonds. The van der Waals surface area contributed by atoms with Crippen molar-refractivity contribution in [3.05, 3.63) is 16.5 Å². The number of carbonyl (C=O) groups is 1. The third-order valence-corrected chi connectivity index (χ3v) is 2.68. The first kappa shape index (κ1) is 10.4. The lowest BCUT2D eigenvalue weighted by atomic mass is 9.97. The van der Waals surface area contributed by atoms with E-state index in [0.29, 0.717) is 19.0 Å². The minimum atomic E-state index is -1.11. The van der Waals surface area contributed by atoms with Gasteiger partial charge < -0.3 is 14.4 Å². The van der Waals surface area contributed by atoms with Gasteiger partial charge in [-0.2, -0.15) is 0 Å². The van der Waals surface area contributed by atoms with E-state index in [-0.39, 0.29) is 16.6 Å². The molecule has 1 fully saturated rings. The van der Waals surface area contributed by atoms with Crippen LogP contribution in [-0.4, -0.2) is 29.4 Å². The molecule has 1 atom stereocenters. The largest absolute Gasteiger partial charge is 0.477 e. The standard InChI is InChI=1S/C9H10ClNO4/c10-8-6(9(12)13)7(15-11-8)5-2-1-3-14-4-5/h5H,1-4H2,(H,12,13). The summed E-state index contributed by atoms with van der Waals surface area (Å²) in [6, 6.07) is 0. The van der Waals surface area contributed by atoms with Crippen molar-refractivity contribution in [3.8, 4) is 0 Å². The van der Waals surface area contributed by atoms with Gasteiger partial charge in [0.25, 0.3) is 0 Å². The Labute approximate surface area is 91.0 Å². The second-order valence-electron chi connectivity index (χ2n) is 3.43. The van der Waals surface area contributed by atoms with E-state index < -0.39 is 5.97 Å². The molecule has 0 aromatic carbocycles. The van der Waals surface area contributed by atoms with Crippen LogP contribution in [0.3, 0.4) is 0 Å². The number of rotatable bonds is 2. The number of halogens is 1. The SMILES string of the molecule is O=C(O)c1c(Cl)noc1C1CCCOC1. The molecule has 1 saturated heterocycles. The molecule has 2 heterocycles. The van der Waals surface area contributed by atoms with Crippen LogP contribution >= 0.6 is 11.6 Å². The fourth-order valence-corrected chi connectivity index (χ4v) is 1.91. The van der Waals surface area contributed by atoms with E-state index >= 15 is 0 Å². The van der Waals surface area contributed by atoms with Gasteiger partial charge in [-0.1, -0.05) is 16.8 Å². The molecule has 0 radical (unpaired) electrons. The van der Waals surface area contributed by atoms with Crippen LogP contribution in [0.1, 0.15) is 34.9 Å². The molecule has 1 aromatic rings. The van der Waals surface area contributed by atoms with Crippen molar-refractivity contribution < 1.29 is 19.2 Å². The van der Waals surface area contributed by atoms with Gasteiger partial charge in [-0.15, -0.1) is 0 Å². The number of ether oxygens (including phenoxy) is 1. The Morgan fingerprint density at radius 3 is 3.00 bits per heavy atom. The fraction of sp³-hybridized carbons (Fsp3) is 0.556. The molecule has 5 nitrogen and oxygen atoms in total. The smallest absolute Gasteiger partial charge is 0.342 e. The lowest BCUT2D eigenvalue weighted by Crippen LogP contribution is -2.17. The van der Waals surface area contributed by atoms with Gasteiger partial charge in [-0.05, 0) is 12.8 Å². The maximum absolute atomic E-state index is 10.9. The molecule has 15 heavy (non-hydrogen) atoms. The van der Waals surface area contributed by atoms with E-state index in [1.54, 1.807) is 0 Å². The highest BCUT2D eigenvalue weighted by Crippen LogP contribution is 2.31. The quantitative estimate of drug-likeness (QED) is 0.842. The zero-order valence-electron chi connectivity index (χ0n) is 7.90. The summed E-state index contributed by atoms with van der Waals surface area (Å²) in [7, 11) is 0. The van der Waals surface area contributed by atoms with Crippen molar-refractivity contribution in [2.75, 3.05) is 13.2 Å². The minimum absolute atomic E-state index is 0.0350. The summed E-state index contributed by atoms with van der Waals surface area (Å²) in [6.45, 7) is 1.17. The molecule has 0 bridgehead atoms. The van der Waals surface area contributed by atoms with Gasteiger partial charge in [0.05, 0.1) is 6.61 Å². The van der Waals surface area contributed by atoms with Gasteiger partial charge in [0.1, 0.15) is 5.56 Å². The van der Waals surface area contributed by atoms with Crippen LogP contribution in [0.4, 0.5) is 0 Å². The summed E-state index contributed by atoms with van der Waals surface area (Å²) < 4.78 is 10.2. The first-order valence-corrected chi connectivity index (χ1v) is 5.04. The van der Waals surface area contributed by atoms with E-state index in [2.05, 4.69) is 5.16 Å². The maximum atomic E-state index is 10.9. The van der Waals surface area contributed by atoms with Crippen LogP contribution in [0.2, 0.25) is 5.15 Å². The highest BCUT2D eigenvalue weighted by Gasteiger charge is 2.29. The van der Waals surface area contributed by atoms with Crippen LogP contribution in [-0.2, 0) is 4.74 Å². The Kier molecular flexibility index (Phi) is 2.93. The third kappa shape index (κ3) is 1.98. The van der Waals surface area contributed by atoms with Gasteiger partial charge in [0.2, 0.25) is 0 Å². The summed E-state index contributed by atoms with van der Waals surface area (Å²) in [6.07, 6.45) is 1.73. The van der Waals surface area contributed by atoms with Gasteiger partial charge in [0, 0.05) is 12.5 Å². The molecular weight excluding hydrogens is 222 g/mol. The van der Waals surface area contributed by atoms with E-state index in [9.17, 15) is 4.79 Å². The Morgan fingerprint density at radius 2 is 2.40 bits per heavy atom. The molecular formula is C9H10ClNO4. The highest BCUT2D eigenvalue weighted by molar-refractivity contribution is 6.32. The average molecular weight is 232 g/mol. The Bertz CT molecular complexity index is 370. The first-order chi connectivity index (χ1) is 7.20. The molecule has 6 heteroatoms. The molecule has 1 N–H and O–H groups in total. The second kappa shape index (κ2) is 4.20. The normalized spacial score (nSPS) is 21.5. The lowest BCUT2D eigenvalue weighted by molar-refractivity contribution is 0.0654. The molecule has 82 valence electrons. The van der Waals surface area contributed by atoms with Gasteiger partial charge in [0.15, 0.2) is 10.9 Å². The van der Waals surface area contributed by atoms with Crippen molar-refractivity contribution in [1.29, 1.82) is 0 Å². The minimum Gasteiger partial charge on any atom is -0.477 e. The van der Waals surface area contributed by atoms with Crippen LogP contribution in [0.25, 0.3) is 0 Å². The van der Waals surface area contributed by atoms with E-state index in [0.717, 1.165) is 12.8 Å². The second-order valence-corrected chi connectivity index (χ2v) is 3.79. The Morgan fingerprint density at radius 1 is 1.60 bits per heavy atom. The van der Waals surface area contributed by atoms with E-state index in [1.165, 1.54) is 0 Å². The molecule has 1 aliphatic heterocycles. The van der Waals surface area contributed by atoms with Crippen molar-refractivity contribution in [2.24, 2.45) is 0 Å². The number of aromatic nitrogens is 1. The molecule has 1 aliphatic rings. The van der Waals surface area contributed by atoms with E-state index in [4.69, 9.17) is 26.0 Å². The number of hydrogen-bond donors (Lipinski definition) is 1. The van der Waals surface area contributed by atoms with Crippen molar-refractivity contribution in [2.45, 2.75) is 18.8 Å². The number of nitrogens with zero attached hydrogens (tertiary/aromatic N) is 1. The predicted octanol–water partition coefficient (Wildman–Crippen LogP) is 1.92. The van der Waals surface area contributed by atoms with Crippen molar-refractivity contribution in [1.82, 2.24) is 5.16 Å². The molecule has 2 rings (SSSR count). The van der Waals surface area contributed by atoms with Crippen molar-refractivity contribution in [3.63, 3.8) is 0 Å². The number of carboxylic acid groups (broad SMARTS) is 1. The summed E-state index contributed by atoms with van der Waals surface area (Å²) in [4.78, 5) is 10.9. The zero-order valence-corrected chi connectivity index (χ0v) is 8.66. The lowest BCUT2D eigenvalue weighted by Gasteiger charge is -2.19. The highest BCUT2D eigenvalue weighted by atomic mass is 35.5. The summed E-state index contributed by atoms with van der Waals surface area (Å²) in [5, 5.41) is 12.3. The molecule has 0 spiro atoms. The number of aromatic carboxylic acids is 1. The number of hydrogen-bond acceptors (Lipinski definition) is 4. The Balaban J connectivity index is 2.30. The monoisotopic (exact) mass is 231 g/mol. The molecule has 1 aromatic heterocycles. The number of carboxylic acids is 1. The zero-order chi connectivity index (χ0) is 10.8. The summed E-state index contributed by atoms with van der Waals surface area (Å²) in [5.41, 5.74) is -0.0350. The van der Waals surface area contributed by atoms with Gasteiger partial charge >= 0.3 is 5.97 Å². The van der Waals surface area contributed by atoms with Crippen LogP contribution in [0.15, 0.2) is 4.52 Å². The van der Waals surface area contributed by atoms with E-state index in [1.807, 2.05) is 0 Å². The van der Waals surface area contributed by atoms with Crippen LogP contribution in [0, 0.1) is 0 Å². The van der Waals surface area contributed by atoms with Crippen LogP contribution in [0.5, 0.6) is 0 Å². The first-order valence-electron chi connectivity index (χ1n) is 4.66. The average Bonchev–Trinajstić information content (AvgIpc) is 2.61. The molecule has 1 unspecified atom stereocenters. The van der Waals surface area contributed by atoms with Gasteiger partial charge in [-0.3, -0.25) is 0 Å². The molecule has 0 saturated carbocycles. The maximum Gasteiger partial charge on any atom is 0.342 e. The summed E-state index contributed by atoms with van der Waals surface area (Å²) >= 11 is 5.63. The fourth-order valence-electron chi connectivity index (χ4n) is 1.70.